The van der Waals surface area contributed by atoms with Gasteiger partial charge in [0, 0.05) is 41.2 Å². The van der Waals surface area contributed by atoms with Gasteiger partial charge in [0.05, 0.1) is 11.8 Å². The first-order valence-corrected chi connectivity index (χ1v) is 8.75. The molecule has 2 amide bonds. The molecule has 126 valence electrons. The van der Waals surface area contributed by atoms with Gasteiger partial charge in [-0.1, -0.05) is 18.6 Å². The number of hydrogen-bond donors (Lipinski definition) is 2. The van der Waals surface area contributed by atoms with E-state index in [1.807, 2.05) is 31.2 Å². The summed E-state index contributed by atoms with van der Waals surface area (Å²) in [6.07, 6.45) is 8.32. The van der Waals surface area contributed by atoms with E-state index in [1.54, 1.807) is 12.4 Å². The number of benzene rings is 1. The van der Waals surface area contributed by atoms with Gasteiger partial charge in [0.1, 0.15) is 0 Å². The predicted molar refractivity (Wildman–Crippen MR) is 94.0 cm³/mol. The molecule has 0 aliphatic heterocycles. The van der Waals surface area contributed by atoms with Crippen molar-refractivity contribution in [3.05, 3.63) is 36.7 Å². The van der Waals surface area contributed by atoms with Crippen molar-refractivity contribution in [1.29, 1.82) is 0 Å². The van der Waals surface area contributed by atoms with Crippen molar-refractivity contribution in [3.8, 4) is 0 Å². The van der Waals surface area contributed by atoms with Crippen molar-refractivity contribution in [3.63, 3.8) is 0 Å². The van der Waals surface area contributed by atoms with Gasteiger partial charge in [-0.2, -0.15) is 0 Å². The van der Waals surface area contributed by atoms with Gasteiger partial charge >= 0.3 is 6.03 Å². The lowest BCUT2D eigenvalue weighted by atomic mass is 9.51. The molecule has 24 heavy (non-hydrogen) atoms. The number of amides is 2. The van der Waals surface area contributed by atoms with Crippen LogP contribution < -0.4 is 10.6 Å². The van der Waals surface area contributed by atoms with Crippen LogP contribution in [0.4, 0.5) is 10.5 Å². The Balaban J connectivity index is 1.44. The summed E-state index contributed by atoms with van der Waals surface area (Å²) in [5, 5.41) is 8.18. The molecular formula is C19H23N3O2. The largest absolute Gasteiger partial charge is 0.378 e. The topological polar surface area (TPSA) is 63.2 Å². The fraction of sp³-hybridized carbons (Fsp3) is 0.474. The minimum Gasteiger partial charge on any atom is -0.378 e. The monoisotopic (exact) mass is 325 g/mol. The lowest BCUT2D eigenvalue weighted by Crippen LogP contribution is -2.68. The Labute approximate surface area is 141 Å². The molecule has 2 aliphatic rings. The number of urea groups is 1. The SMILES string of the molecule is CCOC1CC(NC(=O)Nc2cccc3cnccc23)C12CCC2. The van der Waals surface area contributed by atoms with Gasteiger partial charge in [0.15, 0.2) is 0 Å². The van der Waals surface area contributed by atoms with Crippen molar-refractivity contribution < 1.29 is 9.53 Å². The van der Waals surface area contributed by atoms with Crippen LogP contribution in [0.3, 0.4) is 0 Å². The minimum atomic E-state index is -0.134. The second-order valence-electron chi connectivity index (χ2n) is 6.82. The zero-order chi connectivity index (χ0) is 16.6. The molecule has 1 aromatic carbocycles. The molecule has 5 heteroatoms. The number of rotatable bonds is 4. The molecule has 1 heterocycles. The summed E-state index contributed by atoms with van der Waals surface area (Å²) >= 11 is 0. The van der Waals surface area contributed by atoms with Gasteiger partial charge in [-0.05, 0) is 38.3 Å². The zero-order valence-electron chi connectivity index (χ0n) is 13.9. The van der Waals surface area contributed by atoms with Gasteiger partial charge < -0.3 is 15.4 Å². The van der Waals surface area contributed by atoms with Crippen molar-refractivity contribution in [2.24, 2.45) is 5.41 Å². The van der Waals surface area contributed by atoms with E-state index in [0.29, 0.717) is 6.10 Å². The number of pyridine rings is 1. The molecule has 4 rings (SSSR count). The Morgan fingerprint density at radius 3 is 3.00 bits per heavy atom. The minimum absolute atomic E-state index is 0.134. The molecule has 2 aliphatic carbocycles. The quantitative estimate of drug-likeness (QED) is 0.901. The molecule has 2 atom stereocenters. The predicted octanol–water partition coefficient (Wildman–Crippen LogP) is 3.70. The third-order valence-corrected chi connectivity index (χ3v) is 5.67. The Kier molecular flexibility index (Phi) is 3.88. The summed E-state index contributed by atoms with van der Waals surface area (Å²) in [6, 6.07) is 7.86. The number of fused-ring (bicyclic) bond motifs is 1. The second kappa shape index (κ2) is 6.06. The van der Waals surface area contributed by atoms with Gasteiger partial charge in [0.25, 0.3) is 0 Å². The molecule has 0 radical (unpaired) electrons. The van der Waals surface area contributed by atoms with Crippen LogP contribution in [-0.2, 0) is 4.74 Å². The van der Waals surface area contributed by atoms with E-state index in [0.717, 1.165) is 42.3 Å². The van der Waals surface area contributed by atoms with Crippen LogP contribution in [0, 0.1) is 5.41 Å². The number of nitrogens with zero attached hydrogens (tertiary/aromatic N) is 1. The molecule has 1 aromatic heterocycles. The van der Waals surface area contributed by atoms with E-state index in [-0.39, 0.29) is 17.5 Å². The van der Waals surface area contributed by atoms with E-state index in [2.05, 4.69) is 15.6 Å². The van der Waals surface area contributed by atoms with Crippen molar-refractivity contribution >= 4 is 22.5 Å². The smallest absolute Gasteiger partial charge is 0.319 e. The summed E-state index contributed by atoms with van der Waals surface area (Å²) < 4.78 is 5.84. The highest BCUT2D eigenvalue weighted by Crippen LogP contribution is 2.57. The lowest BCUT2D eigenvalue weighted by Gasteiger charge is -2.60. The van der Waals surface area contributed by atoms with Gasteiger partial charge in [0.2, 0.25) is 0 Å². The summed E-state index contributed by atoms with van der Waals surface area (Å²) in [5.41, 5.74) is 0.992. The highest BCUT2D eigenvalue weighted by Gasteiger charge is 2.59. The number of carbonyl (C=O) groups is 1. The second-order valence-corrected chi connectivity index (χ2v) is 6.82. The fourth-order valence-electron chi connectivity index (χ4n) is 4.19. The zero-order valence-corrected chi connectivity index (χ0v) is 13.9. The van der Waals surface area contributed by atoms with E-state index in [1.165, 1.54) is 6.42 Å². The maximum Gasteiger partial charge on any atom is 0.319 e. The maximum atomic E-state index is 12.5. The van der Waals surface area contributed by atoms with Crippen LogP contribution in [0.1, 0.15) is 32.6 Å². The van der Waals surface area contributed by atoms with Crippen LogP contribution in [0.2, 0.25) is 0 Å². The lowest BCUT2D eigenvalue weighted by molar-refractivity contribution is -0.169. The average molecular weight is 325 g/mol. The highest BCUT2D eigenvalue weighted by molar-refractivity contribution is 6.01. The molecule has 2 aromatic rings. The first kappa shape index (κ1) is 15.4. The Morgan fingerprint density at radius 1 is 1.38 bits per heavy atom. The molecular weight excluding hydrogens is 302 g/mol. The molecule has 2 saturated carbocycles. The summed E-state index contributed by atoms with van der Waals surface area (Å²) in [7, 11) is 0. The van der Waals surface area contributed by atoms with E-state index < -0.39 is 0 Å². The summed E-state index contributed by atoms with van der Waals surface area (Å²) in [5.74, 6) is 0. The summed E-state index contributed by atoms with van der Waals surface area (Å²) in [6.45, 7) is 2.78. The van der Waals surface area contributed by atoms with E-state index in [4.69, 9.17) is 4.74 Å². The number of anilines is 1. The van der Waals surface area contributed by atoms with Crippen LogP contribution in [0.5, 0.6) is 0 Å². The molecule has 2 fully saturated rings. The van der Waals surface area contributed by atoms with Crippen molar-refractivity contribution in [1.82, 2.24) is 10.3 Å². The third-order valence-electron chi connectivity index (χ3n) is 5.67. The maximum absolute atomic E-state index is 12.5. The van der Waals surface area contributed by atoms with Crippen LogP contribution in [-0.4, -0.2) is 29.8 Å². The molecule has 0 saturated heterocycles. The van der Waals surface area contributed by atoms with Gasteiger partial charge in [-0.15, -0.1) is 0 Å². The normalized spacial score (nSPS) is 24.2. The van der Waals surface area contributed by atoms with E-state index >= 15 is 0 Å². The third kappa shape index (κ3) is 2.44. The van der Waals surface area contributed by atoms with Crippen molar-refractivity contribution in [2.45, 2.75) is 44.8 Å². The molecule has 2 unspecified atom stereocenters. The molecule has 5 nitrogen and oxygen atoms in total. The Morgan fingerprint density at radius 2 is 2.25 bits per heavy atom. The molecule has 1 spiro atoms. The molecule has 0 bridgehead atoms. The number of carbonyl (C=O) groups excluding carboxylic acids is 1. The summed E-state index contributed by atoms with van der Waals surface area (Å²) in [4.78, 5) is 16.6. The van der Waals surface area contributed by atoms with Gasteiger partial charge in [-0.25, -0.2) is 4.79 Å². The highest BCUT2D eigenvalue weighted by atomic mass is 16.5. The van der Waals surface area contributed by atoms with Crippen LogP contribution >= 0.6 is 0 Å². The van der Waals surface area contributed by atoms with Crippen LogP contribution in [0.25, 0.3) is 10.8 Å². The first-order chi connectivity index (χ1) is 11.7. The van der Waals surface area contributed by atoms with Crippen molar-refractivity contribution in [2.75, 3.05) is 11.9 Å². The number of hydrogen-bond acceptors (Lipinski definition) is 3. The van der Waals surface area contributed by atoms with Gasteiger partial charge in [-0.3, -0.25) is 4.98 Å². The Bertz CT molecular complexity index is 752. The number of nitrogens with one attached hydrogen (secondary N) is 2. The molecule has 2 N–H and O–H groups in total. The first-order valence-electron chi connectivity index (χ1n) is 8.75. The van der Waals surface area contributed by atoms with E-state index in [9.17, 15) is 4.79 Å². The van der Waals surface area contributed by atoms with Crippen LogP contribution in [0.15, 0.2) is 36.7 Å². The fourth-order valence-corrected chi connectivity index (χ4v) is 4.19. The average Bonchev–Trinajstić information content (AvgIpc) is 2.52. The number of aromatic nitrogens is 1. The Hall–Kier alpha value is -2.14. The standard InChI is InChI=1S/C19H23N3O2/c1-2-24-17-11-16(19(17)8-4-9-19)22-18(23)21-15-6-3-5-13-12-20-10-7-14(13)15/h3,5-7,10,12,16-17H,2,4,8-9,11H2,1H3,(H2,21,22,23). The number of ether oxygens (including phenoxy) is 1.